The first-order valence-electron chi connectivity index (χ1n) is 21.1. The number of methoxy groups -OCH3 is 1. The molecule has 0 spiro atoms. The SMILES string of the molecule is CCCOC1=C(O[C@@H]2OC(COCc3ccccc3)[C@H](OCc3ccccc3)C(OCc3ccccc3)=C2OCc2ccccc2)[C@H](OC)OC(COCc2ccccc2)[C@@H]1O. The molecule has 0 amide bonds. The van der Waals surface area contributed by atoms with Gasteiger partial charge >= 0.3 is 0 Å². The Morgan fingerprint density at radius 3 is 1.39 bits per heavy atom. The number of benzene rings is 5. The summed E-state index contributed by atoms with van der Waals surface area (Å²) in [5.41, 5.74) is 4.80. The molecule has 0 aromatic heterocycles. The molecule has 11 heteroatoms. The van der Waals surface area contributed by atoms with Crippen LogP contribution in [0.25, 0.3) is 0 Å². The summed E-state index contributed by atoms with van der Waals surface area (Å²) in [4.78, 5) is 0. The third-order valence-corrected chi connectivity index (χ3v) is 10.2. The highest BCUT2D eigenvalue weighted by molar-refractivity contribution is 5.23. The molecule has 1 N–H and O–H groups in total. The smallest absolute Gasteiger partial charge is 0.262 e. The summed E-state index contributed by atoms with van der Waals surface area (Å²) in [7, 11) is 1.50. The lowest BCUT2D eigenvalue weighted by Crippen LogP contribution is -2.49. The zero-order chi connectivity index (χ0) is 42.8. The fourth-order valence-corrected chi connectivity index (χ4v) is 6.98. The maximum Gasteiger partial charge on any atom is 0.262 e. The van der Waals surface area contributed by atoms with Crippen LogP contribution in [0.2, 0.25) is 0 Å². The van der Waals surface area contributed by atoms with Crippen LogP contribution in [0.5, 0.6) is 0 Å². The molecule has 2 unspecified atom stereocenters. The molecule has 0 radical (unpaired) electrons. The molecule has 0 saturated heterocycles. The summed E-state index contributed by atoms with van der Waals surface area (Å²) >= 11 is 0. The van der Waals surface area contributed by atoms with Crippen LogP contribution in [0.4, 0.5) is 0 Å². The average Bonchev–Trinajstić information content (AvgIpc) is 3.32. The zero-order valence-electron chi connectivity index (χ0n) is 35.3. The van der Waals surface area contributed by atoms with Crippen LogP contribution in [0, 0.1) is 0 Å². The van der Waals surface area contributed by atoms with Crippen LogP contribution in [0.1, 0.15) is 41.2 Å². The molecule has 62 heavy (non-hydrogen) atoms. The number of aliphatic hydroxyl groups is 1. The van der Waals surface area contributed by atoms with E-state index >= 15 is 0 Å². The van der Waals surface area contributed by atoms with E-state index in [2.05, 4.69) is 0 Å². The van der Waals surface area contributed by atoms with E-state index in [0.29, 0.717) is 32.0 Å². The van der Waals surface area contributed by atoms with Gasteiger partial charge in [0.05, 0.1) is 39.6 Å². The van der Waals surface area contributed by atoms with Crippen molar-refractivity contribution in [3.63, 3.8) is 0 Å². The van der Waals surface area contributed by atoms with Crippen LogP contribution in [-0.2, 0) is 80.4 Å². The summed E-state index contributed by atoms with van der Waals surface area (Å²) in [5.74, 6) is 0.853. The summed E-state index contributed by atoms with van der Waals surface area (Å²) < 4.78 is 64.9. The quantitative estimate of drug-likeness (QED) is 0.0682. The summed E-state index contributed by atoms with van der Waals surface area (Å²) in [6.07, 6.45) is -5.37. The molecule has 5 aromatic carbocycles. The second kappa shape index (κ2) is 23.6. The third kappa shape index (κ3) is 12.5. The lowest BCUT2D eigenvalue weighted by atomic mass is 10.1. The number of rotatable bonds is 23. The Hall–Kier alpha value is -5.50. The standard InChI is InChI=1S/C51H56O11/c1-3-29-56-46-44(52)42(35-54-30-37-19-9-4-10-20-37)60-50(53-2)49(46)62-51-48(59-34-41-27-17-8-18-28-41)47(58-33-40-25-15-7-16-26-40)45(57-32-39-23-13-6-14-24-39)43(61-51)36-55-31-38-21-11-5-12-22-38/h4-28,42-45,50-52H,3,29-36H2,1-2H3/t42?,43?,44-,45-,50+,51-/m0/s1. The van der Waals surface area contributed by atoms with E-state index in [4.69, 9.17) is 47.4 Å². The molecule has 0 bridgehead atoms. The summed E-state index contributed by atoms with van der Waals surface area (Å²) in [6.45, 7) is 3.71. The van der Waals surface area contributed by atoms with Crippen molar-refractivity contribution in [2.45, 2.75) is 83.4 Å². The highest BCUT2D eigenvalue weighted by atomic mass is 16.8. The van der Waals surface area contributed by atoms with Crippen molar-refractivity contribution >= 4 is 0 Å². The zero-order valence-corrected chi connectivity index (χ0v) is 35.3. The number of ether oxygens (including phenoxy) is 10. The fourth-order valence-electron chi connectivity index (χ4n) is 6.98. The molecule has 6 atom stereocenters. The van der Waals surface area contributed by atoms with Gasteiger partial charge in [-0.2, -0.15) is 0 Å². The molecule has 2 aliphatic heterocycles. The second-order valence-electron chi connectivity index (χ2n) is 14.9. The van der Waals surface area contributed by atoms with Gasteiger partial charge in [-0.15, -0.1) is 0 Å². The van der Waals surface area contributed by atoms with Crippen molar-refractivity contribution < 1.29 is 52.5 Å². The molecule has 7 rings (SSSR count). The summed E-state index contributed by atoms with van der Waals surface area (Å²) in [5, 5.41) is 11.9. The van der Waals surface area contributed by atoms with E-state index in [1.54, 1.807) is 0 Å². The van der Waals surface area contributed by atoms with Gasteiger partial charge in [-0.1, -0.05) is 159 Å². The van der Waals surface area contributed by atoms with E-state index in [-0.39, 0.29) is 50.3 Å². The largest absolute Gasteiger partial charge is 0.491 e. The number of hydrogen-bond donors (Lipinski definition) is 1. The van der Waals surface area contributed by atoms with Crippen LogP contribution in [-0.4, -0.2) is 69.0 Å². The van der Waals surface area contributed by atoms with E-state index in [0.717, 1.165) is 27.8 Å². The Bertz CT molecular complexity index is 2100. The highest BCUT2D eigenvalue weighted by Gasteiger charge is 2.47. The van der Waals surface area contributed by atoms with E-state index in [1.807, 2.05) is 159 Å². The van der Waals surface area contributed by atoms with Crippen LogP contribution in [0.15, 0.2) is 175 Å². The van der Waals surface area contributed by atoms with Crippen molar-refractivity contribution in [2.24, 2.45) is 0 Å². The van der Waals surface area contributed by atoms with Crippen LogP contribution >= 0.6 is 0 Å². The Morgan fingerprint density at radius 1 is 0.468 bits per heavy atom. The Morgan fingerprint density at radius 2 is 0.903 bits per heavy atom. The molecule has 326 valence electrons. The molecule has 0 fully saturated rings. The maximum absolute atomic E-state index is 11.9. The minimum Gasteiger partial charge on any atom is -0.491 e. The molecule has 2 heterocycles. The minimum absolute atomic E-state index is 0.0617. The van der Waals surface area contributed by atoms with Crippen LogP contribution < -0.4 is 0 Å². The van der Waals surface area contributed by atoms with Crippen molar-refractivity contribution in [2.75, 3.05) is 26.9 Å². The van der Waals surface area contributed by atoms with Crippen molar-refractivity contribution in [3.05, 3.63) is 203 Å². The first kappa shape index (κ1) is 44.6. The molecule has 0 aliphatic carbocycles. The first-order chi connectivity index (χ1) is 30.6. The summed E-state index contributed by atoms with van der Waals surface area (Å²) in [6, 6.07) is 49.3. The van der Waals surface area contributed by atoms with Gasteiger partial charge in [-0.25, -0.2) is 0 Å². The van der Waals surface area contributed by atoms with Crippen LogP contribution in [0.3, 0.4) is 0 Å². The molecular weight excluding hydrogens is 789 g/mol. The van der Waals surface area contributed by atoms with Crippen molar-refractivity contribution in [3.8, 4) is 0 Å². The molecule has 2 aliphatic rings. The van der Waals surface area contributed by atoms with Crippen molar-refractivity contribution in [1.82, 2.24) is 0 Å². The Kier molecular flexibility index (Phi) is 17.0. The lowest BCUT2D eigenvalue weighted by Gasteiger charge is -2.41. The first-order valence-corrected chi connectivity index (χ1v) is 21.1. The number of aliphatic hydroxyl groups excluding tert-OH is 1. The molecular formula is C51H56O11. The van der Waals surface area contributed by atoms with Gasteiger partial charge in [0.1, 0.15) is 37.6 Å². The Labute approximate surface area is 364 Å². The predicted octanol–water partition coefficient (Wildman–Crippen LogP) is 8.76. The normalized spacial score (nSPS) is 21.4. The average molecular weight is 845 g/mol. The Balaban J connectivity index is 1.26. The van der Waals surface area contributed by atoms with E-state index in [1.165, 1.54) is 7.11 Å². The van der Waals surface area contributed by atoms with Gasteiger partial charge in [0, 0.05) is 7.11 Å². The maximum atomic E-state index is 11.9. The van der Waals surface area contributed by atoms with Gasteiger partial charge in [-0.05, 0) is 34.2 Å². The monoisotopic (exact) mass is 844 g/mol. The van der Waals surface area contributed by atoms with Gasteiger partial charge in [0.25, 0.3) is 6.29 Å². The lowest BCUT2D eigenvalue weighted by molar-refractivity contribution is -0.255. The van der Waals surface area contributed by atoms with E-state index in [9.17, 15) is 5.11 Å². The van der Waals surface area contributed by atoms with Gasteiger partial charge < -0.3 is 52.5 Å². The molecule has 5 aromatic rings. The predicted molar refractivity (Wildman–Crippen MR) is 231 cm³/mol. The third-order valence-electron chi connectivity index (χ3n) is 10.2. The van der Waals surface area contributed by atoms with Gasteiger partial charge in [0.15, 0.2) is 17.3 Å². The van der Waals surface area contributed by atoms with Gasteiger partial charge in [-0.3, -0.25) is 0 Å². The highest BCUT2D eigenvalue weighted by Crippen LogP contribution is 2.38. The number of hydrogen-bond acceptors (Lipinski definition) is 11. The molecule has 11 nitrogen and oxygen atoms in total. The van der Waals surface area contributed by atoms with E-state index < -0.39 is 37.0 Å². The minimum atomic E-state index is -1.26. The molecule has 0 saturated carbocycles. The van der Waals surface area contributed by atoms with Crippen molar-refractivity contribution in [1.29, 1.82) is 0 Å². The topological polar surface area (TPSA) is 113 Å². The van der Waals surface area contributed by atoms with Gasteiger partial charge in [0.2, 0.25) is 12.0 Å². The fraction of sp³-hybridized carbons (Fsp3) is 0.333. The second-order valence-corrected chi connectivity index (χ2v) is 14.9.